The Morgan fingerprint density at radius 2 is 2.15 bits per heavy atom. The van der Waals surface area contributed by atoms with Crippen LogP contribution < -0.4 is 15.2 Å². The summed E-state index contributed by atoms with van der Waals surface area (Å²) in [6.07, 6.45) is 0.891. The number of halogens is 1. The van der Waals surface area contributed by atoms with Gasteiger partial charge in [0.1, 0.15) is 5.01 Å². The van der Waals surface area contributed by atoms with Gasteiger partial charge in [-0.3, -0.25) is 0 Å². The minimum atomic E-state index is -0.0520. The third kappa shape index (κ3) is 2.68. The van der Waals surface area contributed by atoms with Gasteiger partial charge in [-0.25, -0.2) is 4.98 Å². The number of hydrogen-bond acceptors (Lipinski definition) is 5. The van der Waals surface area contributed by atoms with E-state index in [4.69, 9.17) is 15.2 Å². The number of nitrogens with two attached hydrogens (primary N) is 1. The minimum absolute atomic E-state index is 0.0520. The molecule has 0 saturated heterocycles. The summed E-state index contributed by atoms with van der Waals surface area (Å²) < 4.78 is 12.3. The zero-order chi connectivity index (χ0) is 14.1. The quantitative estimate of drug-likeness (QED) is 0.891. The van der Waals surface area contributed by atoms with Crippen molar-refractivity contribution in [1.29, 1.82) is 0 Å². The van der Waals surface area contributed by atoms with Crippen LogP contribution in [0.2, 0.25) is 0 Å². The first-order chi connectivity index (χ1) is 9.65. The Labute approximate surface area is 130 Å². The standard InChI is InChI=1S/C14H15BrN2O2S/c1-8(16)11-7-20-14(17-11)9-5-10(15)13-12(6-9)18-3-2-4-19-13/h5-8H,2-4,16H2,1H3. The molecule has 106 valence electrons. The van der Waals surface area contributed by atoms with E-state index >= 15 is 0 Å². The summed E-state index contributed by atoms with van der Waals surface area (Å²) in [5.74, 6) is 1.54. The van der Waals surface area contributed by atoms with Crippen LogP contribution in [-0.2, 0) is 0 Å². The van der Waals surface area contributed by atoms with E-state index in [1.165, 1.54) is 0 Å². The largest absolute Gasteiger partial charge is 0.489 e. The molecular weight excluding hydrogens is 340 g/mol. The number of benzene rings is 1. The summed E-state index contributed by atoms with van der Waals surface area (Å²) >= 11 is 5.13. The molecule has 0 saturated carbocycles. The van der Waals surface area contributed by atoms with Crippen molar-refractivity contribution < 1.29 is 9.47 Å². The number of nitrogens with zero attached hydrogens (tertiary/aromatic N) is 1. The number of rotatable bonds is 2. The Kier molecular flexibility index (Phi) is 3.96. The van der Waals surface area contributed by atoms with E-state index < -0.39 is 0 Å². The Bertz CT molecular complexity index is 628. The van der Waals surface area contributed by atoms with Gasteiger partial charge in [0.05, 0.1) is 23.4 Å². The predicted octanol–water partition coefficient (Wildman–Crippen LogP) is 3.75. The zero-order valence-corrected chi connectivity index (χ0v) is 13.5. The molecule has 0 bridgehead atoms. The van der Waals surface area contributed by atoms with Gasteiger partial charge >= 0.3 is 0 Å². The Morgan fingerprint density at radius 3 is 2.90 bits per heavy atom. The molecule has 0 spiro atoms. The third-order valence-corrected chi connectivity index (χ3v) is 4.54. The maximum absolute atomic E-state index is 5.86. The molecule has 2 heterocycles. The molecule has 1 aromatic heterocycles. The van der Waals surface area contributed by atoms with Gasteiger partial charge in [-0.1, -0.05) is 0 Å². The van der Waals surface area contributed by atoms with E-state index in [1.807, 2.05) is 24.4 Å². The first kappa shape index (κ1) is 13.9. The monoisotopic (exact) mass is 354 g/mol. The van der Waals surface area contributed by atoms with Gasteiger partial charge in [0.2, 0.25) is 0 Å². The normalized spacial score (nSPS) is 15.8. The molecule has 1 unspecified atom stereocenters. The lowest BCUT2D eigenvalue weighted by molar-refractivity contribution is 0.296. The average Bonchev–Trinajstić information content (AvgIpc) is 2.79. The second-order valence-electron chi connectivity index (χ2n) is 4.70. The molecule has 2 aromatic rings. The predicted molar refractivity (Wildman–Crippen MR) is 83.5 cm³/mol. The molecular formula is C14H15BrN2O2S. The van der Waals surface area contributed by atoms with Gasteiger partial charge in [-0.15, -0.1) is 11.3 Å². The van der Waals surface area contributed by atoms with Crippen molar-refractivity contribution in [1.82, 2.24) is 4.98 Å². The lowest BCUT2D eigenvalue weighted by atomic mass is 10.2. The van der Waals surface area contributed by atoms with Crippen LogP contribution in [-0.4, -0.2) is 18.2 Å². The smallest absolute Gasteiger partial charge is 0.175 e. The van der Waals surface area contributed by atoms with Crippen LogP contribution in [0.4, 0.5) is 0 Å². The SMILES string of the molecule is CC(N)c1csc(-c2cc(Br)c3c(c2)OCCCO3)n1. The highest BCUT2D eigenvalue weighted by molar-refractivity contribution is 9.10. The van der Waals surface area contributed by atoms with Gasteiger partial charge in [0.15, 0.2) is 11.5 Å². The molecule has 6 heteroatoms. The maximum Gasteiger partial charge on any atom is 0.175 e. The molecule has 0 radical (unpaired) electrons. The van der Waals surface area contributed by atoms with E-state index in [0.717, 1.165) is 38.7 Å². The van der Waals surface area contributed by atoms with Crippen molar-refractivity contribution in [3.05, 3.63) is 27.7 Å². The number of aromatic nitrogens is 1. The molecule has 20 heavy (non-hydrogen) atoms. The fourth-order valence-corrected chi connectivity index (χ4v) is 3.45. The van der Waals surface area contributed by atoms with Crippen LogP contribution in [0.1, 0.15) is 25.1 Å². The molecule has 1 aliphatic rings. The van der Waals surface area contributed by atoms with Crippen molar-refractivity contribution in [3.63, 3.8) is 0 Å². The van der Waals surface area contributed by atoms with Crippen LogP contribution in [0.3, 0.4) is 0 Å². The van der Waals surface area contributed by atoms with Crippen LogP contribution >= 0.6 is 27.3 Å². The lowest BCUT2D eigenvalue weighted by Gasteiger charge is -2.10. The van der Waals surface area contributed by atoms with Gasteiger partial charge in [-0.2, -0.15) is 0 Å². The van der Waals surface area contributed by atoms with E-state index in [9.17, 15) is 0 Å². The number of ether oxygens (including phenoxy) is 2. The van der Waals surface area contributed by atoms with Crippen molar-refractivity contribution in [2.24, 2.45) is 5.73 Å². The highest BCUT2D eigenvalue weighted by atomic mass is 79.9. The van der Waals surface area contributed by atoms with Crippen LogP contribution in [0.5, 0.6) is 11.5 Å². The van der Waals surface area contributed by atoms with Crippen molar-refractivity contribution in [2.75, 3.05) is 13.2 Å². The Morgan fingerprint density at radius 1 is 1.35 bits per heavy atom. The number of thiazole rings is 1. The number of hydrogen-bond donors (Lipinski definition) is 1. The van der Waals surface area contributed by atoms with E-state index in [0.29, 0.717) is 13.2 Å². The summed E-state index contributed by atoms with van der Waals surface area (Å²) in [5.41, 5.74) is 7.78. The van der Waals surface area contributed by atoms with E-state index in [-0.39, 0.29) is 6.04 Å². The van der Waals surface area contributed by atoms with Crippen LogP contribution in [0.15, 0.2) is 22.0 Å². The summed E-state index contributed by atoms with van der Waals surface area (Å²) in [5, 5.41) is 2.94. The molecule has 3 rings (SSSR count). The van der Waals surface area contributed by atoms with Crippen molar-refractivity contribution in [3.8, 4) is 22.1 Å². The summed E-state index contributed by atoms with van der Waals surface area (Å²) in [4.78, 5) is 4.57. The number of fused-ring (bicyclic) bond motifs is 1. The average molecular weight is 355 g/mol. The molecule has 1 aromatic carbocycles. The Balaban J connectivity index is 2.01. The van der Waals surface area contributed by atoms with Gasteiger partial charge in [-0.05, 0) is 35.0 Å². The Hall–Kier alpha value is -1.11. The molecule has 0 amide bonds. The molecule has 0 fully saturated rings. The molecule has 0 aliphatic carbocycles. The first-order valence-electron chi connectivity index (χ1n) is 6.45. The summed E-state index contributed by atoms with van der Waals surface area (Å²) in [7, 11) is 0. The minimum Gasteiger partial charge on any atom is -0.489 e. The lowest BCUT2D eigenvalue weighted by Crippen LogP contribution is -2.04. The molecule has 1 aliphatic heterocycles. The second kappa shape index (κ2) is 5.71. The first-order valence-corrected chi connectivity index (χ1v) is 8.13. The highest BCUT2D eigenvalue weighted by Crippen LogP contribution is 2.41. The van der Waals surface area contributed by atoms with E-state index in [1.54, 1.807) is 11.3 Å². The fourth-order valence-electron chi connectivity index (χ4n) is 1.98. The maximum atomic E-state index is 5.86. The highest BCUT2D eigenvalue weighted by Gasteiger charge is 2.17. The third-order valence-electron chi connectivity index (χ3n) is 3.04. The summed E-state index contributed by atoms with van der Waals surface area (Å²) in [6, 6.07) is 3.94. The zero-order valence-electron chi connectivity index (χ0n) is 11.1. The van der Waals surface area contributed by atoms with Crippen molar-refractivity contribution >= 4 is 27.3 Å². The van der Waals surface area contributed by atoms with Crippen LogP contribution in [0, 0.1) is 0 Å². The van der Waals surface area contributed by atoms with Crippen LogP contribution in [0.25, 0.3) is 10.6 Å². The van der Waals surface area contributed by atoms with E-state index in [2.05, 4.69) is 20.9 Å². The molecule has 4 nitrogen and oxygen atoms in total. The van der Waals surface area contributed by atoms with Crippen molar-refractivity contribution in [2.45, 2.75) is 19.4 Å². The molecule has 1 atom stereocenters. The topological polar surface area (TPSA) is 57.4 Å². The van der Waals surface area contributed by atoms with Gasteiger partial charge < -0.3 is 15.2 Å². The summed E-state index contributed by atoms with van der Waals surface area (Å²) in [6.45, 7) is 3.28. The fraction of sp³-hybridized carbons (Fsp3) is 0.357. The van der Waals surface area contributed by atoms with Gasteiger partial charge in [0, 0.05) is 23.4 Å². The van der Waals surface area contributed by atoms with Gasteiger partial charge in [0.25, 0.3) is 0 Å². The molecule has 2 N–H and O–H groups in total. The second-order valence-corrected chi connectivity index (χ2v) is 6.41.